The van der Waals surface area contributed by atoms with Gasteiger partial charge in [0.05, 0.1) is 13.0 Å². The van der Waals surface area contributed by atoms with Crippen molar-refractivity contribution in [2.45, 2.75) is 6.42 Å². The fourth-order valence-electron chi connectivity index (χ4n) is 2.69. The first-order chi connectivity index (χ1) is 11.7. The highest BCUT2D eigenvalue weighted by molar-refractivity contribution is 5.76. The van der Waals surface area contributed by atoms with E-state index in [2.05, 4.69) is 9.88 Å². The third-order valence-electron chi connectivity index (χ3n) is 4.02. The van der Waals surface area contributed by atoms with Gasteiger partial charge >= 0.3 is 0 Å². The third-order valence-corrected chi connectivity index (χ3v) is 4.02. The number of piperazine rings is 1. The van der Waals surface area contributed by atoms with Gasteiger partial charge < -0.3 is 14.5 Å². The van der Waals surface area contributed by atoms with Crippen molar-refractivity contribution in [2.24, 2.45) is 0 Å². The summed E-state index contributed by atoms with van der Waals surface area (Å²) in [5.41, 5.74) is 0. The van der Waals surface area contributed by atoms with Crippen molar-refractivity contribution in [3.8, 4) is 5.75 Å². The Labute approximate surface area is 140 Å². The Kier molecular flexibility index (Phi) is 5.25. The van der Waals surface area contributed by atoms with Gasteiger partial charge in [0.2, 0.25) is 5.91 Å². The number of amides is 1. The second kappa shape index (κ2) is 7.77. The number of nitrogens with zero attached hydrogens (tertiary/aromatic N) is 3. The van der Waals surface area contributed by atoms with E-state index in [1.165, 1.54) is 6.07 Å². The minimum absolute atomic E-state index is 0.0343. The zero-order valence-corrected chi connectivity index (χ0v) is 13.4. The van der Waals surface area contributed by atoms with Crippen LogP contribution in [-0.4, -0.2) is 48.6 Å². The molecule has 2 heterocycles. The summed E-state index contributed by atoms with van der Waals surface area (Å²) in [5.74, 6) is 0.749. The predicted molar refractivity (Wildman–Crippen MR) is 89.5 cm³/mol. The largest absolute Gasteiger partial charge is 0.490 e. The Bertz CT molecular complexity index is 673. The SMILES string of the molecule is O=C(CCOc1ccccc1F)N1CCN(c2ccccn2)CC1. The lowest BCUT2D eigenvalue weighted by Crippen LogP contribution is -2.49. The van der Waals surface area contributed by atoms with Crippen molar-refractivity contribution < 1.29 is 13.9 Å². The molecule has 5 nitrogen and oxygen atoms in total. The third kappa shape index (κ3) is 4.01. The van der Waals surface area contributed by atoms with Crippen LogP contribution in [0.3, 0.4) is 0 Å². The minimum atomic E-state index is -0.408. The number of carbonyl (C=O) groups is 1. The van der Waals surface area contributed by atoms with Gasteiger partial charge in [0.15, 0.2) is 11.6 Å². The lowest BCUT2D eigenvalue weighted by atomic mass is 10.2. The van der Waals surface area contributed by atoms with Gasteiger partial charge in [-0.25, -0.2) is 9.37 Å². The van der Waals surface area contributed by atoms with E-state index >= 15 is 0 Å². The summed E-state index contributed by atoms with van der Waals surface area (Å²) in [6.45, 7) is 3.03. The number of anilines is 1. The van der Waals surface area contributed by atoms with Crippen LogP contribution in [0.15, 0.2) is 48.7 Å². The Hall–Kier alpha value is -2.63. The first kappa shape index (κ1) is 16.2. The average Bonchev–Trinajstić information content (AvgIpc) is 2.64. The van der Waals surface area contributed by atoms with Crippen LogP contribution in [0.25, 0.3) is 0 Å². The minimum Gasteiger partial charge on any atom is -0.490 e. The molecule has 0 N–H and O–H groups in total. The molecule has 1 fully saturated rings. The molecule has 0 unspecified atom stereocenters. The zero-order chi connectivity index (χ0) is 16.8. The number of para-hydroxylation sites is 1. The summed E-state index contributed by atoms with van der Waals surface area (Å²) in [5, 5.41) is 0. The molecule has 0 atom stereocenters. The molecule has 3 rings (SSSR count). The Balaban J connectivity index is 1.43. The van der Waals surface area contributed by atoms with Gasteiger partial charge in [-0.1, -0.05) is 18.2 Å². The van der Waals surface area contributed by atoms with Crippen LogP contribution in [0.1, 0.15) is 6.42 Å². The number of aromatic nitrogens is 1. The lowest BCUT2D eigenvalue weighted by molar-refractivity contribution is -0.132. The number of halogens is 1. The van der Waals surface area contributed by atoms with Gasteiger partial charge in [-0.15, -0.1) is 0 Å². The number of ether oxygens (including phenoxy) is 1. The zero-order valence-electron chi connectivity index (χ0n) is 13.4. The van der Waals surface area contributed by atoms with Crippen LogP contribution in [0.5, 0.6) is 5.75 Å². The normalized spacial score (nSPS) is 14.5. The highest BCUT2D eigenvalue weighted by Gasteiger charge is 2.21. The van der Waals surface area contributed by atoms with Crippen molar-refractivity contribution in [3.05, 3.63) is 54.5 Å². The molecule has 0 bridgehead atoms. The van der Waals surface area contributed by atoms with E-state index < -0.39 is 5.82 Å². The molecule has 0 radical (unpaired) electrons. The van der Waals surface area contributed by atoms with Gasteiger partial charge in [0.25, 0.3) is 0 Å². The molecule has 2 aromatic rings. The molecule has 126 valence electrons. The molecule has 0 saturated carbocycles. The molecule has 1 aliphatic heterocycles. The predicted octanol–water partition coefficient (Wildman–Crippen LogP) is 2.34. The monoisotopic (exact) mass is 329 g/mol. The number of benzene rings is 1. The molecule has 0 aliphatic carbocycles. The van der Waals surface area contributed by atoms with Gasteiger partial charge in [-0.3, -0.25) is 4.79 Å². The first-order valence-corrected chi connectivity index (χ1v) is 8.05. The van der Waals surface area contributed by atoms with Gasteiger partial charge in [0, 0.05) is 32.4 Å². The molecule has 1 aromatic carbocycles. The number of carbonyl (C=O) groups excluding carboxylic acids is 1. The Morgan fingerprint density at radius 1 is 1.08 bits per heavy atom. The van der Waals surface area contributed by atoms with Gasteiger partial charge in [-0.05, 0) is 24.3 Å². The summed E-state index contributed by atoms with van der Waals surface area (Å²) in [6.07, 6.45) is 2.02. The quantitative estimate of drug-likeness (QED) is 0.845. The van der Waals surface area contributed by atoms with Crippen LogP contribution >= 0.6 is 0 Å². The van der Waals surface area contributed by atoms with E-state index in [1.807, 2.05) is 23.1 Å². The van der Waals surface area contributed by atoms with Gasteiger partial charge in [0.1, 0.15) is 5.82 Å². The van der Waals surface area contributed by atoms with E-state index in [-0.39, 0.29) is 24.7 Å². The van der Waals surface area contributed by atoms with E-state index in [0.29, 0.717) is 13.1 Å². The van der Waals surface area contributed by atoms with Crippen LogP contribution in [0.4, 0.5) is 10.2 Å². The molecule has 0 spiro atoms. The van der Waals surface area contributed by atoms with E-state index in [0.717, 1.165) is 18.9 Å². The molecule has 24 heavy (non-hydrogen) atoms. The van der Waals surface area contributed by atoms with Gasteiger partial charge in [-0.2, -0.15) is 0 Å². The Morgan fingerprint density at radius 2 is 1.83 bits per heavy atom. The van der Waals surface area contributed by atoms with Crippen LogP contribution < -0.4 is 9.64 Å². The summed E-state index contributed by atoms with van der Waals surface area (Å²) < 4.78 is 18.8. The van der Waals surface area contributed by atoms with Crippen LogP contribution in [0, 0.1) is 5.82 Å². The molecule has 6 heteroatoms. The van der Waals surface area contributed by atoms with Crippen molar-refractivity contribution in [1.82, 2.24) is 9.88 Å². The second-order valence-electron chi connectivity index (χ2n) is 5.58. The van der Waals surface area contributed by atoms with E-state index in [1.54, 1.807) is 24.4 Å². The smallest absolute Gasteiger partial charge is 0.226 e. The second-order valence-corrected chi connectivity index (χ2v) is 5.58. The highest BCUT2D eigenvalue weighted by Crippen LogP contribution is 2.16. The van der Waals surface area contributed by atoms with Crippen molar-refractivity contribution in [2.75, 3.05) is 37.7 Å². The number of pyridine rings is 1. The summed E-state index contributed by atoms with van der Waals surface area (Å²) in [7, 11) is 0. The van der Waals surface area contributed by atoms with Crippen molar-refractivity contribution in [1.29, 1.82) is 0 Å². The first-order valence-electron chi connectivity index (χ1n) is 8.05. The maximum Gasteiger partial charge on any atom is 0.226 e. The topological polar surface area (TPSA) is 45.7 Å². The van der Waals surface area contributed by atoms with Crippen LogP contribution in [0.2, 0.25) is 0 Å². The van der Waals surface area contributed by atoms with Crippen LogP contribution in [-0.2, 0) is 4.79 Å². The maximum atomic E-state index is 13.4. The number of rotatable bonds is 5. The summed E-state index contributed by atoms with van der Waals surface area (Å²) in [6, 6.07) is 12.0. The summed E-state index contributed by atoms with van der Waals surface area (Å²) in [4.78, 5) is 20.6. The molecule has 1 amide bonds. The number of hydrogen-bond donors (Lipinski definition) is 0. The fourth-order valence-corrected chi connectivity index (χ4v) is 2.69. The number of hydrogen-bond acceptors (Lipinski definition) is 4. The van der Waals surface area contributed by atoms with Crippen molar-refractivity contribution in [3.63, 3.8) is 0 Å². The fraction of sp³-hybridized carbons (Fsp3) is 0.333. The summed E-state index contributed by atoms with van der Waals surface area (Å²) >= 11 is 0. The molecular formula is C18H20FN3O2. The van der Waals surface area contributed by atoms with E-state index in [4.69, 9.17) is 4.74 Å². The molecular weight excluding hydrogens is 309 g/mol. The molecule has 1 saturated heterocycles. The Morgan fingerprint density at radius 3 is 2.54 bits per heavy atom. The highest BCUT2D eigenvalue weighted by atomic mass is 19.1. The maximum absolute atomic E-state index is 13.4. The van der Waals surface area contributed by atoms with Crippen molar-refractivity contribution >= 4 is 11.7 Å². The average molecular weight is 329 g/mol. The lowest BCUT2D eigenvalue weighted by Gasteiger charge is -2.35. The standard InChI is InChI=1S/C18H20FN3O2/c19-15-5-1-2-6-16(15)24-14-8-18(23)22-12-10-21(11-13-22)17-7-3-4-9-20-17/h1-7,9H,8,10-14H2. The molecule has 1 aliphatic rings. The molecule has 1 aromatic heterocycles. The van der Waals surface area contributed by atoms with E-state index in [9.17, 15) is 9.18 Å².